The largest absolute Gasteiger partial charge is 0.507 e. The quantitative estimate of drug-likeness (QED) is 0.833. The molecule has 0 heterocycles. The lowest BCUT2D eigenvalue weighted by molar-refractivity contribution is 0.405. The van der Waals surface area contributed by atoms with E-state index in [4.69, 9.17) is 4.74 Å². The van der Waals surface area contributed by atoms with Crippen molar-refractivity contribution in [3.63, 3.8) is 0 Å². The number of aliphatic imine (C=N–C) groups is 1. The Kier molecular flexibility index (Phi) is 4.38. The molecule has 3 nitrogen and oxygen atoms in total. The first-order chi connectivity index (χ1) is 8.25. The Labute approximate surface area is 110 Å². The predicted octanol–water partition coefficient (Wildman–Crippen LogP) is 3.53. The number of aromatic hydroxyl groups is 1. The molecule has 1 aromatic carbocycles. The second kappa shape index (κ2) is 5.42. The van der Waals surface area contributed by atoms with E-state index in [9.17, 15) is 5.11 Å². The molecule has 18 heavy (non-hydrogen) atoms. The van der Waals surface area contributed by atoms with Gasteiger partial charge < -0.3 is 9.84 Å². The van der Waals surface area contributed by atoms with Crippen molar-refractivity contribution in [3.8, 4) is 11.5 Å². The lowest BCUT2D eigenvalue weighted by Crippen LogP contribution is -2.12. The Morgan fingerprint density at radius 3 is 2.33 bits per heavy atom. The van der Waals surface area contributed by atoms with E-state index in [-0.39, 0.29) is 17.2 Å². The molecule has 0 radical (unpaired) electrons. The standard InChI is InChI=1S/C15H23NO2/c1-10(2)16-9-11-7-12(18-6)8-13(14(11)17)15(3,4)5/h7-10,17H,1-6H3. The summed E-state index contributed by atoms with van der Waals surface area (Å²) in [5.74, 6) is 1.02. The van der Waals surface area contributed by atoms with Gasteiger partial charge in [-0.15, -0.1) is 0 Å². The number of nitrogens with zero attached hydrogens (tertiary/aromatic N) is 1. The summed E-state index contributed by atoms with van der Waals surface area (Å²) in [6.45, 7) is 10.2. The van der Waals surface area contributed by atoms with Crippen LogP contribution in [0, 0.1) is 0 Å². The van der Waals surface area contributed by atoms with Crippen LogP contribution in [0.15, 0.2) is 17.1 Å². The summed E-state index contributed by atoms with van der Waals surface area (Å²) in [7, 11) is 1.63. The van der Waals surface area contributed by atoms with Crippen LogP contribution in [0.2, 0.25) is 0 Å². The molecule has 100 valence electrons. The molecule has 0 unspecified atom stereocenters. The molecule has 0 saturated heterocycles. The van der Waals surface area contributed by atoms with Crippen LogP contribution in [0.4, 0.5) is 0 Å². The van der Waals surface area contributed by atoms with E-state index in [1.807, 2.05) is 19.9 Å². The minimum absolute atomic E-state index is 0.140. The lowest BCUT2D eigenvalue weighted by Gasteiger charge is -2.22. The fraction of sp³-hybridized carbons (Fsp3) is 0.533. The van der Waals surface area contributed by atoms with Crippen molar-refractivity contribution in [3.05, 3.63) is 23.3 Å². The molecule has 1 N–H and O–H groups in total. The van der Waals surface area contributed by atoms with Crippen molar-refractivity contribution in [2.75, 3.05) is 7.11 Å². The van der Waals surface area contributed by atoms with Gasteiger partial charge in [-0.1, -0.05) is 20.8 Å². The molecule has 0 fully saturated rings. The van der Waals surface area contributed by atoms with E-state index < -0.39 is 0 Å². The highest BCUT2D eigenvalue weighted by molar-refractivity contribution is 5.85. The smallest absolute Gasteiger partial charge is 0.128 e. The maximum absolute atomic E-state index is 10.3. The summed E-state index contributed by atoms with van der Waals surface area (Å²) in [6, 6.07) is 3.88. The van der Waals surface area contributed by atoms with Gasteiger partial charge >= 0.3 is 0 Å². The average Bonchev–Trinajstić information content (AvgIpc) is 2.26. The van der Waals surface area contributed by atoms with E-state index >= 15 is 0 Å². The Morgan fingerprint density at radius 1 is 1.28 bits per heavy atom. The molecule has 1 aromatic rings. The zero-order chi connectivity index (χ0) is 13.9. The average molecular weight is 249 g/mol. The van der Waals surface area contributed by atoms with Crippen LogP contribution in [0.3, 0.4) is 0 Å². The number of rotatable bonds is 3. The summed E-state index contributed by atoms with van der Waals surface area (Å²) in [6.07, 6.45) is 1.71. The van der Waals surface area contributed by atoms with Gasteiger partial charge in [0.1, 0.15) is 11.5 Å². The van der Waals surface area contributed by atoms with Gasteiger partial charge in [0.2, 0.25) is 0 Å². The summed E-state index contributed by atoms with van der Waals surface area (Å²) >= 11 is 0. The summed E-state index contributed by atoms with van der Waals surface area (Å²) < 4.78 is 5.28. The Hall–Kier alpha value is -1.51. The fourth-order valence-electron chi connectivity index (χ4n) is 1.65. The van der Waals surface area contributed by atoms with Gasteiger partial charge in [0.25, 0.3) is 0 Å². The third kappa shape index (κ3) is 3.49. The number of methoxy groups -OCH3 is 1. The molecule has 0 atom stereocenters. The number of hydrogen-bond acceptors (Lipinski definition) is 3. The normalized spacial score (nSPS) is 12.4. The molecule has 1 rings (SSSR count). The van der Waals surface area contributed by atoms with Crippen LogP contribution in [-0.4, -0.2) is 24.5 Å². The zero-order valence-corrected chi connectivity index (χ0v) is 12.1. The second-order valence-electron chi connectivity index (χ2n) is 5.73. The first-order valence-electron chi connectivity index (χ1n) is 6.20. The van der Waals surface area contributed by atoms with Crippen molar-refractivity contribution in [2.45, 2.75) is 46.1 Å². The highest BCUT2D eigenvalue weighted by Gasteiger charge is 2.21. The van der Waals surface area contributed by atoms with Gasteiger partial charge in [0, 0.05) is 23.4 Å². The van der Waals surface area contributed by atoms with Crippen molar-refractivity contribution in [1.29, 1.82) is 0 Å². The first-order valence-corrected chi connectivity index (χ1v) is 6.20. The van der Waals surface area contributed by atoms with Crippen molar-refractivity contribution in [2.24, 2.45) is 4.99 Å². The van der Waals surface area contributed by atoms with Crippen LogP contribution in [0.1, 0.15) is 45.7 Å². The number of benzene rings is 1. The maximum atomic E-state index is 10.3. The van der Waals surface area contributed by atoms with Crippen LogP contribution in [-0.2, 0) is 5.41 Å². The second-order valence-corrected chi connectivity index (χ2v) is 5.73. The van der Waals surface area contributed by atoms with Gasteiger partial charge in [0.05, 0.1) is 7.11 Å². The molecule has 3 heteroatoms. The van der Waals surface area contributed by atoms with E-state index in [0.29, 0.717) is 5.56 Å². The number of phenols is 1. The molecule has 0 aliphatic carbocycles. The molecule has 0 aromatic heterocycles. The lowest BCUT2D eigenvalue weighted by atomic mass is 9.85. The third-order valence-electron chi connectivity index (χ3n) is 2.67. The molecule has 0 bridgehead atoms. The third-order valence-corrected chi connectivity index (χ3v) is 2.67. The van der Waals surface area contributed by atoms with Crippen LogP contribution < -0.4 is 4.74 Å². The maximum Gasteiger partial charge on any atom is 0.128 e. The van der Waals surface area contributed by atoms with E-state index in [2.05, 4.69) is 25.8 Å². The van der Waals surface area contributed by atoms with Gasteiger partial charge in [0.15, 0.2) is 0 Å². The van der Waals surface area contributed by atoms with Gasteiger partial charge in [-0.25, -0.2) is 0 Å². The minimum atomic E-state index is -0.140. The van der Waals surface area contributed by atoms with Crippen LogP contribution in [0.25, 0.3) is 0 Å². The Balaban J connectivity index is 3.34. The van der Waals surface area contributed by atoms with Gasteiger partial charge in [-0.05, 0) is 31.4 Å². The molecular weight excluding hydrogens is 226 g/mol. The van der Waals surface area contributed by atoms with Crippen molar-refractivity contribution < 1.29 is 9.84 Å². The van der Waals surface area contributed by atoms with E-state index in [0.717, 1.165) is 11.3 Å². The molecular formula is C15H23NO2. The minimum Gasteiger partial charge on any atom is -0.507 e. The van der Waals surface area contributed by atoms with Crippen LogP contribution >= 0.6 is 0 Å². The highest BCUT2D eigenvalue weighted by atomic mass is 16.5. The number of phenolic OH excluding ortho intramolecular Hbond substituents is 1. The summed E-state index contributed by atoms with van der Waals surface area (Å²) in [5, 5.41) is 10.3. The van der Waals surface area contributed by atoms with E-state index in [1.54, 1.807) is 19.4 Å². The first kappa shape index (κ1) is 14.6. The summed E-state index contributed by atoms with van der Waals surface area (Å²) in [4.78, 5) is 4.31. The Bertz CT molecular complexity index is 443. The monoisotopic (exact) mass is 249 g/mol. The van der Waals surface area contributed by atoms with E-state index in [1.165, 1.54) is 0 Å². The molecule has 0 saturated carbocycles. The van der Waals surface area contributed by atoms with Gasteiger partial charge in [-0.2, -0.15) is 0 Å². The summed E-state index contributed by atoms with van der Waals surface area (Å²) in [5.41, 5.74) is 1.43. The molecule has 0 aliphatic heterocycles. The fourth-order valence-corrected chi connectivity index (χ4v) is 1.65. The Morgan fingerprint density at radius 2 is 1.89 bits per heavy atom. The highest BCUT2D eigenvalue weighted by Crippen LogP contribution is 2.36. The number of hydrogen-bond donors (Lipinski definition) is 1. The zero-order valence-electron chi connectivity index (χ0n) is 12.1. The molecule has 0 aliphatic rings. The van der Waals surface area contributed by atoms with Crippen LogP contribution in [0.5, 0.6) is 11.5 Å². The number of ether oxygens (including phenoxy) is 1. The van der Waals surface area contributed by atoms with Gasteiger partial charge in [-0.3, -0.25) is 4.99 Å². The predicted molar refractivity (Wildman–Crippen MR) is 76.1 cm³/mol. The van der Waals surface area contributed by atoms with Crippen molar-refractivity contribution in [1.82, 2.24) is 0 Å². The SMILES string of the molecule is COc1cc(C=NC(C)C)c(O)c(C(C)(C)C)c1. The topological polar surface area (TPSA) is 41.8 Å². The molecule has 0 spiro atoms. The molecule has 0 amide bonds. The van der Waals surface area contributed by atoms with Crippen molar-refractivity contribution >= 4 is 6.21 Å².